The van der Waals surface area contributed by atoms with Gasteiger partial charge in [-0.05, 0) is 24.3 Å². The number of allylic oxidation sites excluding steroid dienone is 1. The smallest absolute Gasteiger partial charge is 0.265 e. The quantitative estimate of drug-likeness (QED) is 0.428. The van der Waals surface area contributed by atoms with Crippen molar-refractivity contribution < 1.29 is 14.2 Å². The maximum Gasteiger partial charge on any atom is 0.265 e. The van der Waals surface area contributed by atoms with Gasteiger partial charge in [0, 0.05) is 12.1 Å². The van der Waals surface area contributed by atoms with Crippen molar-refractivity contribution in [3.8, 4) is 34.3 Å². The van der Waals surface area contributed by atoms with E-state index in [1.54, 1.807) is 41.7 Å². The van der Waals surface area contributed by atoms with E-state index >= 15 is 0 Å². The first-order valence-corrected chi connectivity index (χ1v) is 9.58. The molecular formula is C23H22N4O4. The first-order chi connectivity index (χ1) is 15.1. The van der Waals surface area contributed by atoms with Crippen LogP contribution in [0.3, 0.4) is 0 Å². The Morgan fingerprint density at radius 1 is 1.03 bits per heavy atom. The molecule has 158 valence electrons. The van der Waals surface area contributed by atoms with E-state index in [1.807, 2.05) is 30.3 Å². The molecular weight excluding hydrogens is 396 g/mol. The predicted octanol–water partition coefficient (Wildman–Crippen LogP) is 3.46. The van der Waals surface area contributed by atoms with Gasteiger partial charge in [-0.1, -0.05) is 24.3 Å². The van der Waals surface area contributed by atoms with Crippen LogP contribution in [0.1, 0.15) is 0 Å². The number of benzene rings is 2. The summed E-state index contributed by atoms with van der Waals surface area (Å²) in [5.74, 6) is 1.83. The van der Waals surface area contributed by atoms with E-state index in [4.69, 9.17) is 19.2 Å². The Bertz CT molecular complexity index is 1280. The topological polar surface area (TPSA) is 80.4 Å². The molecule has 0 fully saturated rings. The largest absolute Gasteiger partial charge is 0.493 e. The third-order valence-corrected chi connectivity index (χ3v) is 4.92. The molecule has 0 saturated heterocycles. The van der Waals surface area contributed by atoms with Crippen LogP contribution in [0, 0.1) is 0 Å². The van der Waals surface area contributed by atoms with Crippen molar-refractivity contribution in [2.45, 2.75) is 6.54 Å². The minimum absolute atomic E-state index is 0.212. The van der Waals surface area contributed by atoms with Crippen molar-refractivity contribution in [2.24, 2.45) is 0 Å². The third kappa shape index (κ3) is 3.42. The molecule has 0 atom stereocenters. The average molecular weight is 418 g/mol. The molecule has 0 unspecified atom stereocenters. The van der Waals surface area contributed by atoms with Gasteiger partial charge < -0.3 is 14.2 Å². The first kappa shape index (κ1) is 20.2. The van der Waals surface area contributed by atoms with Crippen molar-refractivity contribution in [3.05, 3.63) is 71.7 Å². The Labute approximate surface area is 178 Å². The third-order valence-electron chi connectivity index (χ3n) is 4.92. The van der Waals surface area contributed by atoms with Crippen molar-refractivity contribution in [1.29, 1.82) is 0 Å². The van der Waals surface area contributed by atoms with Crippen molar-refractivity contribution in [1.82, 2.24) is 19.3 Å². The Balaban J connectivity index is 2.04. The van der Waals surface area contributed by atoms with Gasteiger partial charge >= 0.3 is 0 Å². The molecule has 2 aromatic carbocycles. The van der Waals surface area contributed by atoms with Crippen molar-refractivity contribution in [2.75, 3.05) is 21.3 Å². The van der Waals surface area contributed by atoms with Gasteiger partial charge in [-0.15, -0.1) is 6.58 Å². The lowest BCUT2D eigenvalue weighted by Gasteiger charge is -2.16. The molecule has 0 bridgehead atoms. The first-order valence-electron chi connectivity index (χ1n) is 9.58. The highest BCUT2D eigenvalue weighted by Crippen LogP contribution is 2.40. The number of ether oxygens (including phenoxy) is 3. The van der Waals surface area contributed by atoms with Gasteiger partial charge in [0.25, 0.3) is 5.56 Å². The molecule has 0 aliphatic rings. The number of rotatable bonds is 7. The lowest BCUT2D eigenvalue weighted by Crippen LogP contribution is -2.23. The summed E-state index contributed by atoms with van der Waals surface area (Å²) in [7, 11) is 4.62. The molecule has 4 rings (SSSR count). The summed E-state index contributed by atoms with van der Waals surface area (Å²) in [4.78, 5) is 18.2. The normalized spacial score (nSPS) is 10.8. The van der Waals surface area contributed by atoms with Crippen molar-refractivity contribution >= 4 is 11.0 Å². The fourth-order valence-electron chi connectivity index (χ4n) is 3.49. The van der Waals surface area contributed by atoms with Crippen LogP contribution >= 0.6 is 0 Å². The zero-order valence-corrected chi connectivity index (χ0v) is 17.5. The van der Waals surface area contributed by atoms with Crippen LogP contribution in [-0.4, -0.2) is 40.7 Å². The fourth-order valence-corrected chi connectivity index (χ4v) is 3.49. The number of aromatic nitrogens is 4. The zero-order chi connectivity index (χ0) is 22.0. The number of fused-ring (bicyclic) bond motifs is 1. The van der Waals surface area contributed by atoms with Crippen molar-refractivity contribution in [3.63, 3.8) is 0 Å². The SMILES string of the molecule is C=CCn1c(-c2cc(OC)c(OC)c(OC)c2)nc2c(cnn2-c2ccccc2)c1=O. The van der Waals surface area contributed by atoms with Crippen LogP contribution in [0.4, 0.5) is 0 Å². The second-order valence-corrected chi connectivity index (χ2v) is 6.68. The Morgan fingerprint density at radius 2 is 1.71 bits per heavy atom. The van der Waals surface area contributed by atoms with E-state index in [0.717, 1.165) is 5.69 Å². The minimum Gasteiger partial charge on any atom is -0.493 e. The summed E-state index contributed by atoms with van der Waals surface area (Å²) in [5.41, 5.74) is 1.69. The maximum atomic E-state index is 13.3. The van der Waals surface area contributed by atoms with E-state index in [-0.39, 0.29) is 12.1 Å². The second kappa shape index (κ2) is 8.35. The van der Waals surface area contributed by atoms with Crippen LogP contribution < -0.4 is 19.8 Å². The van der Waals surface area contributed by atoms with Gasteiger partial charge in [-0.2, -0.15) is 5.10 Å². The zero-order valence-electron chi connectivity index (χ0n) is 17.5. The van der Waals surface area contributed by atoms with Crippen LogP contribution in [-0.2, 0) is 6.54 Å². The maximum absolute atomic E-state index is 13.3. The van der Waals surface area contributed by atoms with E-state index in [2.05, 4.69) is 11.7 Å². The summed E-state index contributed by atoms with van der Waals surface area (Å²) in [6.07, 6.45) is 3.19. The van der Waals surface area contributed by atoms with Gasteiger partial charge in [0.15, 0.2) is 17.1 Å². The Kier molecular flexibility index (Phi) is 5.44. The lowest BCUT2D eigenvalue weighted by atomic mass is 10.1. The number of nitrogens with zero attached hydrogens (tertiary/aromatic N) is 4. The van der Waals surface area contributed by atoms with Crippen LogP contribution in [0.25, 0.3) is 28.1 Å². The highest BCUT2D eigenvalue weighted by molar-refractivity contribution is 5.78. The van der Waals surface area contributed by atoms with Gasteiger partial charge in [0.2, 0.25) is 5.75 Å². The predicted molar refractivity (Wildman–Crippen MR) is 118 cm³/mol. The molecule has 8 heteroatoms. The van der Waals surface area contributed by atoms with Gasteiger partial charge in [0.1, 0.15) is 11.2 Å². The molecule has 0 N–H and O–H groups in total. The van der Waals surface area contributed by atoms with Crippen LogP contribution in [0.5, 0.6) is 17.2 Å². The van der Waals surface area contributed by atoms with Crippen LogP contribution in [0.2, 0.25) is 0 Å². The monoisotopic (exact) mass is 418 g/mol. The van der Waals surface area contributed by atoms with E-state index in [0.29, 0.717) is 39.7 Å². The summed E-state index contributed by atoms with van der Waals surface area (Å²) >= 11 is 0. The molecule has 0 radical (unpaired) electrons. The van der Waals surface area contributed by atoms with E-state index < -0.39 is 0 Å². The number of methoxy groups -OCH3 is 3. The molecule has 0 aliphatic heterocycles. The lowest BCUT2D eigenvalue weighted by molar-refractivity contribution is 0.324. The number of para-hydroxylation sites is 1. The van der Waals surface area contributed by atoms with E-state index in [1.165, 1.54) is 13.3 Å². The summed E-state index contributed by atoms with van der Waals surface area (Å²) in [6.45, 7) is 4.06. The molecule has 0 amide bonds. The summed E-state index contributed by atoms with van der Waals surface area (Å²) in [6, 6.07) is 13.1. The Morgan fingerprint density at radius 3 is 2.29 bits per heavy atom. The second-order valence-electron chi connectivity index (χ2n) is 6.68. The highest BCUT2D eigenvalue weighted by atomic mass is 16.5. The highest BCUT2D eigenvalue weighted by Gasteiger charge is 2.20. The summed E-state index contributed by atoms with van der Waals surface area (Å²) in [5, 5.41) is 4.82. The molecule has 8 nitrogen and oxygen atoms in total. The molecule has 4 aromatic rings. The molecule has 31 heavy (non-hydrogen) atoms. The standard InChI is InChI=1S/C23H22N4O4/c1-5-11-26-21(15-12-18(29-2)20(31-4)19(13-15)30-3)25-22-17(23(26)28)14-24-27(22)16-9-7-6-8-10-16/h5-10,12-14H,1,11H2,2-4H3. The Hall–Kier alpha value is -4.07. The minimum atomic E-state index is -0.212. The number of hydrogen-bond donors (Lipinski definition) is 0. The van der Waals surface area contributed by atoms with Gasteiger partial charge in [-0.25, -0.2) is 9.67 Å². The molecule has 2 aromatic heterocycles. The average Bonchev–Trinajstić information content (AvgIpc) is 3.24. The molecule has 0 saturated carbocycles. The summed E-state index contributed by atoms with van der Waals surface area (Å²) < 4.78 is 19.6. The molecule has 0 aliphatic carbocycles. The molecule has 0 spiro atoms. The van der Waals surface area contributed by atoms with Gasteiger partial charge in [0.05, 0.1) is 33.2 Å². The number of hydrogen-bond acceptors (Lipinski definition) is 6. The van der Waals surface area contributed by atoms with Crippen LogP contribution in [0.15, 0.2) is 66.1 Å². The fraction of sp³-hybridized carbons (Fsp3) is 0.174. The molecule has 2 heterocycles. The van der Waals surface area contributed by atoms with Gasteiger partial charge in [-0.3, -0.25) is 9.36 Å². The van der Waals surface area contributed by atoms with E-state index in [9.17, 15) is 4.79 Å².